The van der Waals surface area contributed by atoms with Gasteiger partial charge in [0.2, 0.25) is 0 Å². The van der Waals surface area contributed by atoms with E-state index in [2.05, 4.69) is 0 Å². The van der Waals surface area contributed by atoms with Crippen molar-refractivity contribution in [2.75, 3.05) is 26.9 Å². The molecule has 1 saturated heterocycles. The summed E-state index contributed by atoms with van der Waals surface area (Å²) in [6, 6.07) is 0. The number of ether oxygens (including phenoxy) is 1. The van der Waals surface area contributed by atoms with Crippen molar-refractivity contribution in [3.8, 4) is 0 Å². The van der Waals surface area contributed by atoms with Crippen molar-refractivity contribution in [2.24, 2.45) is 0 Å². The third kappa shape index (κ3) is 3.10. The zero-order valence-electron chi connectivity index (χ0n) is 8.59. The van der Waals surface area contributed by atoms with Gasteiger partial charge in [0, 0.05) is 0 Å². The molecule has 1 aliphatic rings. The van der Waals surface area contributed by atoms with Crippen LogP contribution in [0.3, 0.4) is 0 Å². The fourth-order valence-electron chi connectivity index (χ4n) is 1.30. The van der Waals surface area contributed by atoms with Gasteiger partial charge in [-0.25, -0.2) is 0 Å². The van der Waals surface area contributed by atoms with Crippen molar-refractivity contribution in [1.82, 2.24) is 15.1 Å². The van der Waals surface area contributed by atoms with Crippen LogP contribution in [0.1, 0.15) is 6.92 Å². The number of carbonyl (C=O) groups is 1. The van der Waals surface area contributed by atoms with Gasteiger partial charge in [0.25, 0.3) is 0 Å². The van der Waals surface area contributed by atoms with Gasteiger partial charge in [-0.05, 0) is 0 Å². The summed E-state index contributed by atoms with van der Waals surface area (Å²) in [5.41, 5.74) is 0. The first-order valence-corrected chi connectivity index (χ1v) is 5.22. The Bertz CT molecular complexity index is 234. The van der Waals surface area contributed by atoms with E-state index in [9.17, 15) is 9.28 Å². The van der Waals surface area contributed by atoms with Crippen molar-refractivity contribution < 1.29 is 17.8 Å². The summed E-state index contributed by atoms with van der Waals surface area (Å²) in [6.07, 6.45) is -0.598. The summed E-state index contributed by atoms with van der Waals surface area (Å²) in [6.45, 7) is 2.02. The molecule has 0 saturated carbocycles. The van der Waals surface area contributed by atoms with Gasteiger partial charge in [0.1, 0.15) is 0 Å². The maximum atomic E-state index is 13.1. The first-order chi connectivity index (χ1) is 7.10. The summed E-state index contributed by atoms with van der Waals surface area (Å²) >= 11 is 1.90. The summed E-state index contributed by atoms with van der Waals surface area (Å²) in [5, 5.41) is 1.72. The van der Waals surface area contributed by atoms with E-state index in [1.165, 1.54) is 17.0 Å². The van der Waals surface area contributed by atoms with Crippen molar-refractivity contribution in [1.29, 1.82) is 0 Å². The molecule has 1 atom stereocenters. The molecule has 1 unspecified atom stereocenters. The summed E-state index contributed by atoms with van der Waals surface area (Å²) in [7, 11) is 1.53. The monoisotopic (exact) mass is 287 g/mol. The number of hydrazine groups is 1. The first kappa shape index (κ1) is 12.8. The van der Waals surface area contributed by atoms with Crippen molar-refractivity contribution in [2.45, 2.75) is 13.3 Å². The van der Waals surface area contributed by atoms with Crippen LogP contribution >= 0.6 is 0 Å². The van der Waals surface area contributed by atoms with Gasteiger partial charge in [-0.1, -0.05) is 0 Å². The van der Waals surface area contributed by atoms with Crippen LogP contribution in [0.15, 0.2) is 0 Å². The zero-order chi connectivity index (χ0) is 11.4. The molecule has 1 heterocycles. The van der Waals surface area contributed by atoms with E-state index >= 15 is 0 Å². The molecular weight excluding hydrogens is 272 g/mol. The Morgan fingerprint density at radius 3 is 2.87 bits per heavy atom. The van der Waals surface area contributed by atoms with Crippen LogP contribution in [0, 0.1) is 0 Å². The molecular formula is C7H14FN3O3Se. The topological polar surface area (TPSA) is 45.2 Å². The molecule has 6 nitrogen and oxygen atoms in total. The van der Waals surface area contributed by atoms with Crippen molar-refractivity contribution in [3.05, 3.63) is 0 Å². The molecule has 1 fully saturated rings. The van der Waals surface area contributed by atoms with E-state index in [0.29, 0.717) is 11.8 Å². The predicted octanol–water partition coefficient (Wildman–Crippen LogP) is -1.03. The number of halogens is 1. The van der Waals surface area contributed by atoms with Gasteiger partial charge >= 0.3 is 95.4 Å². The minimum atomic E-state index is -0.598. The quantitative estimate of drug-likeness (QED) is 0.374. The van der Waals surface area contributed by atoms with E-state index in [1.807, 2.05) is 16.3 Å². The van der Waals surface area contributed by atoms with Gasteiger partial charge in [-0.2, -0.15) is 0 Å². The molecule has 88 valence electrons. The van der Waals surface area contributed by atoms with Crippen LogP contribution < -0.4 is 0 Å². The SMILES string of the molecule is CCOC(=O)CN1CN(F)N(C)C1O[SeH]. The van der Waals surface area contributed by atoms with E-state index in [4.69, 9.17) is 8.56 Å². The van der Waals surface area contributed by atoms with Crippen molar-refractivity contribution in [3.63, 3.8) is 0 Å². The number of esters is 1. The normalized spacial score (nSPS) is 24.7. The second kappa shape index (κ2) is 5.74. The zero-order valence-corrected chi connectivity index (χ0v) is 10.5. The van der Waals surface area contributed by atoms with Crippen LogP contribution in [-0.2, 0) is 13.4 Å². The Morgan fingerprint density at radius 1 is 1.67 bits per heavy atom. The average Bonchev–Trinajstić information content (AvgIpc) is 2.42. The van der Waals surface area contributed by atoms with Gasteiger partial charge in [-0.15, -0.1) is 0 Å². The molecule has 0 radical (unpaired) electrons. The number of rotatable bonds is 4. The molecule has 0 aromatic carbocycles. The van der Waals surface area contributed by atoms with E-state index < -0.39 is 12.3 Å². The van der Waals surface area contributed by atoms with Crippen LogP contribution in [-0.4, -0.2) is 70.7 Å². The van der Waals surface area contributed by atoms with Gasteiger partial charge in [0.05, 0.1) is 0 Å². The molecule has 0 amide bonds. The second-order valence-corrected chi connectivity index (χ2v) is 3.48. The minimum absolute atomic E-state index is 0.00102. The number of hydrogen-bond acceptors (Lipinski definition) is 6. The molecule has 0 aliphatic carbocycles. The average molecular weight is 286 g/mol. The maximum absolute atomic E-state index is 13.1. The Kier molecular flexibility index (Phi) is 4.91. The molecule has 8 heteroatoms. The van der Waals surface area contributed by atoms with E-state index in [0.717, 1.165) is 0 Å². The Labute approximate surface area is 95.9 Å². The summed E-state index contributed by atoms with van der Waals surface area (Å²) in [5.74, 6) is -0.393. The number of carbonyl (C=O) groups excluding carboxylic acids is 1. The summed E-state index contributed by atoms with van der Waals surface area (Å²) in [4.78, 5) is 12.7. The van der Waals surface area contributed by atoms with Crippen LogP contribution in [0.5, 0.6) is 0 Å². The van der Waals surface area contributed by atoms with Crippen LogP contribution in [0.25, 0.3) is 0 Å². The Balaban J connectivity index is 2.51. The molecule has 0 N–H and O–H groups in total. The predicted molar refractivity (Wildman–Crippen MR) is 50.9 cm³/mol. The van der Waals surface area contributed by atoms with Gasteiger partial charge < -0.3 is 0 Å². The van der Waals surface area contributed by atoms with Crippen LogP contribution in [0.4, 0.5) is 4.48 Å². The van der Waals surface area contributed by atoms with Crippen molar-refractivity contribution >= 4 is 22.3 Å². The fraction of sp³-hybridized carbons (Fsp3) is 0.857. The second-order valence-electron chi connectivity index (χ2n) is 3.04. The van der Waals surface area contributed by atoms with Gasteiger partial charge in [0.15, 0.2) is 0 Å². The Morgan fingerprint density at radius 2 is 2.33 bits per heavy atom. The van der Waals surface area contributed by atoms with E-state index in [-0.39, 0.29) is 13.2 Å². The molecule has 1 rings (SSSR count). The molecule has 0 bridgehead atoms. The molecule has 0 spiro atoms. The summed E-state index contributed by atoms with van der Waals surface area (Å²) < 4.78 is 22.9. The third-order valence-corrected chi connectivity index (χ3v) is 2.40. The number of hydrogen-bond donors (Lipinski definition) is 0. The first-order valence-electron chi connectivity index (χ1n) is 4.46. The fourth-order valence-corrected chi connectivity index (χ4v) is 1.86. The van der Waals surface area contributed by atoms with E-state index in [1.54, 1.807) is 6.92 Å². The number of nitrogens with zero attached hydrogens (tertiary/aromatic N) is 3. The standard InChI is InChI=1S/C7H14FN3O3Se/c1-3-13-6(12)4-10-5-11(8)9(2)7(10)14-15/h7,15H,3-5H2,1-2H3. The molecule has 1 aliphatic heterocycles. The molecule has 0 aromatic heterocycles. The molecule has 15 heavy (non-hydrogen) atoms. The molecule has 0 aromatic rings. The third-order valence-electron chi connectivity index (χ3n) is 2.00. The van der Waals surface area contributed by atoms with Gasteiger partial charge in [-0.3, -0.25) is 0 Å². The Hall–Kier alpha value is -0.241. The van der Waals surface area contributed by atoms with Crippen LogP contribution in [0.2, 0.25) is 0 Å².